The van der Waals surface area contributed by atoms with E-state index in [0.29, 0.717) is 6.54 Å². The van der Waals surface area contributed by atoms with Crippen LogP contribution in [0, 0.1) is 5.92 Å². The van der Waals surface area contributed by atoms with Gasteiger partial charge in [-0.3, -0.25) is 0 Å². The molecule has 0 spiro atoms. The van der Waals surface area contributed by atoms with Gasteiger partial charge in [-0.1, -0.05) is 0 Å². The van der Waals surface area contributed by atoms with Gasteiger partial charge in [-0.2, -0.15) is 13.2 Å². The predicted molar refractivity (Wildman–Crippen MR) is 68.4 cm³/mol. The van der Waals surface area contributed by atoms with Crippen molar-refractivity contribution in [3.63, 3.8) is 0 Å². The Balaban J connectivity index is 2.11. The van der Waals surface area contributed by atoms with Gasteiger partial charge in [0.2, 0.25) is 5.82 Å². The van der Waals surface area contributed by atoms with Crippen LogP contribution in [0.25, 0.3) is 0 Å². The highest BCUT2D eigenvalue weighted by Gasteiger charge is 2.35. The van der Waals surface area contributed by atoms with E-state index in [0.717, 1.165) is 12.8 Å². The summed E-state index contributed by atoms with van der Waals surface area (Å²) in [4.78, 5) is 6.86. The largest absolute Gasteiger partial charge is 0.451 e. The standard InChI is InChI=1S/C12H17F3N4O/c1-2-16-9-5-10(17-6-8(20)7-3-4-7)19-11(18-9)12(13,14)15/h5,7-8,20H,2-4,6H2,1H3,(H2,16,17,18,19). The van der Waals surface area contributed by atoms with Crippen LogP contribution in [0.2, 0.25) is 0 Å². The summed E-state index contributed by atoms with van der Waals surface area (Å²) in [5, 5.41) is 15.2. The summed E-state index contributed by atoms with van der Waals surface area (Å²) >= 11 is 0. The number of rotatable bonds is 6. The molecule has 5 nitrogen and oxygen atoms in total. The first kappa shape index (κ1) is 14.8. The minimum absolute atomic E-state index is 0.0583. The lowest BCUT2D eigenvalue weighted by Crippen LogP contribution is -2.23. The van der Waals surface area contributed by atoms with E-state index in [-0.39, 0.29) is 24.1 Å². The number of alkyl halides is 3. The first-order valence-electron chi connectivity index (χ1n) is 6.52. The zero-order valence-electron chi connectivity index (χ0n) is 11.0. The van der Waals surface area contributed by atoms with Crippen molar-refractivity contribution < 1.29 is 18.3 Å². The first-order valence-corrected chi connectivity index (χ1v) is 6.52. The Kier molecular flexibility index (Phi) is 4.32. The maximum absolute atomic E-state index is 12.7. The Morgan fingerprint density at radius 2 is 1.90 bits per heavy atom. The highest BCUT2D eigenvalue weighted by molar-refractivity contribution is 5.47. The summed E-state index contributed by atoms with van der Waals surface area (Å²) < 4.78 is 38.1. The predicted octanol–water partition coefficient (Wildman–Crippen LogP) is 2.11. The van der Waals surface area contributed by atoms with Gasteiger partial charge in [0.1, 0.15) is 11.6 Å². The number of aliphatic hydroxyl groups excluding tert-OH is 1. The van der Waals surface area contributed by atoms with Crippen LogP contribution < -0.4 is 10.6 Å². The smallest absolute Gasteiger partial charge is 0.391 e. The maximum atomic E-state index is 12.7. The molecule has 20 heavy (non-hydrogen) atoms. The molecule has 1 atom stereocenters. The number of hydrogen-bond donors (Lipinski definition) is 3. The summed E-state index contributed by atoms with van der Waals surface area (Å²) in [7, 11) is 0. The average molecular weight is 290 g/mol. The molecule has 2 rings (SSSR count). The number of aromatic nitrogens is 2. The van der Waals surface area contributed by atoms with Gasteiger partial charge in [0.05, 0.1) is 6.10 Å². The fraction of sp³-hybridized carbons (Fsp3) is 0.667. The number of nitrogens with one attached hydrogen (secondary N) is 2. The van der Waals surface area contributed by atoms with E-state index in [9.17, 15) is 18.3 Å². The van der Waals surface area contributed by atoms with Crippen LogP contribution in [0.15, 0.2) is 6.07 Å². The summed E-state index contributed by atoms with van der Waals surface area (Å²) in [6.07, 6.45) is -3.23. The van der Waals surface area contributed by atoms with E-state index in [2.05, 4.69) is 20.6 Å². The molecule has 0 radical (unpaired) electrons. The second-order valence-corrected chi connectivity index (χ2v) is 4.78. The van der Waals surface area contributed by atoms with Gasteiger partial charge >= 0.3 is 6.18 Å². The molecule has 1 fully saturated rings. The summed E-state index contributed by atoms with van der Waals surface area (Å²) in [6, 6.07) is 1.40. The fourth-order valence-corrected chi connectivity index (χ4v) is 1.79. The van der Waals surface area contributed by atoms with Crippen molar-refractivity contribution in [2.45, 2.75) is 32.0 Å². The van der Waals surface area contributed by atoms with Crippen molar-refractivity contribution in [3.05, 3.63) is 11.9 Å². The number of anilines is 2. The molecule has 0 bridgehead atoms. The van der Waals surface area contributed by atoms with Gasteiger partial charge in [0, 0.05) is 19.2 Å². The van der Waals surface area contributed by atoms with Crippen LogP contribution in [0.5, 0.6) is 0 Å². The van der Waals surface area contributed by atoms with E-state index < -0.39 is 18.1 Å². The monoisotopic (exact) mass is 290 g/mol. The summed E-state index contributed by atoms with van der Waals surface area (Å²) in [6.45, 7) is 2.41. The molecule has 1 aromatic rings. The number of hydrogen-bond acceptors (Lipinski definition) is 5. The van der Waals surface area contributed by atoms with E-state index in [4.69, 9.17) is 0 Å². The maximum Gasteiger partial charge on any atom is 0.451 e. The molecule has 1 heterocycles. The Hall–Kier alpha value is -1.57. The van der Waals surface area contributed by atoms with Crippen molar-refractivity contribution in [1.82, 2.24) is 9.97 Å². The zero-order chi connectivity index (χ0) is 14.8. The molecule has 1 unspecified atom stereocenters. The molecule has 1 aromatic heterocycles. The Morgan fingerprint density at radius 1 is 1.30 bits per heavy atom. The third kappa shape index (κ3) is 3.96. The third-order valence-electron chi connectivity index (χ3n) is 3.00. The van der Waals surface area contributed by atoms with Gasteiger partial charge < -0.3 is 15.7 Å². The van der Waals surface area contributed by atoms with Gasteiger partial charge in [0.25, 0.3) is 0 Å². The first-order chi connectivity index (χ1) is 9.40. The highest BCUT2D eigenvalue weighted by atomic mass is 19.4. The molecule has 112 valence electrons. The van der Waals surface area contributed by atoms with Gasteiger partial charge in [-0.05, 0) is 25.7 Å². The van der Waals surface area contributed by atoms with E-state index in [1.165, 1.54) is 6.07 Å². The molecule has 3 N–H and O–H groups in total. The van der Waals surface area contributed by atoms with Crippen LogP contribution in [0.4, 0.5) is 24.8 Å². The van der Waals surface area contributed by atoms with Crippen LogP contribution in [0.1, 0.15) is 25.6 Å². The van der Waals surface area contributed by atoms with Crippen molar-refractivity contribution in [2.24, 2.45) is 5.92 Å². The van der Waals surface area contributed by atoms with Crippen molar-refractivity contribution in [2.75, 3.05) is 23.7 Å². The van der Waals surface area contributed by atoms with E-state index in [1.807, 2.05) is 0 Å². The molecular formula is C12H17F3N4O. The number of halogens is 3. The number of aliphatic hydroxyl groups is 1. The highest BCUT2D eigenvalue weighted by Crippen LogP contribution is 2.33. The molecule has 0 aromatic carbocycles. The molecule has 0 amide bonds. The minimum atomic E-state index is -4.60. The molecule has 0 aliphatic heterocycles. The Morgan fingerprint density at radius 3 is 2.40 bits per heavy atom. The Labute approximate surface area is 114 Å². The van der Waals surface area contributed by atoms with Crippen molar-refractivity contribution >= 4 is 11.6 Å². The van der Waals surface area contributed by atoms with Gasteiger partial charge in [0.15, 0.2) is 0 Å². The second kappa shape index (κ2) is 5.82. The second-order valence-electron chi connectivity index (χ2n) is 4.78. The molecule has 1 saturated carbocycles. The normalized spacial score (nSPS) is 16.9. The molecule has 8 heteroatoms. The van der Waals surface area contributed by atoms with Gasteiger partial charge in [-0.15, -0.1) is 0 Å². The van der Waals surface area contributed by atoms with Crippen molar-refractivity contribution in [3.8, 4) is 0 Å². The average Bonchev–Trinajstić information content (AvgIpc) is 3.19. The van der Waals surface area contributed by atoms with Crippen LogP contribution in [-0.2, 0) is 6.18 Å². The van der Waals surface area contributed by atoms with Gasteiger partial charge in [-0.25, -0.2) is 9.97 Å². The van der Waals surface area contributed by atoms with E-state index in [1.54, 1.807) is 6.92 Å². The van der Waals surface area contributed by atoms with Crippen molar-refractivity contribution in [1.29, 1.82) is 0 Å². The summed E-state index contributed by atoms with van der Waals surface area (Å²) in [5.41, 5.74) is 0. The molecule has 1 aliphatic rings. The molecular weight excluding hydrogens is 273 g/mol. The Bertz CT molecular complexity index is 463. The van der Waals surface area contributed by atoms with Crippen LogP contribution in [-0.4, -0.2) is 34.3 Å². The molecule has 0 saturated heterocycles. The van der Waals surface area contributed by atoms with E-state index >= 15 is 0 Å². The fourth-order valence-electron chi connectivity index (χ4n) is 1.79. The lowest BCUT2D eigenvalue weighted by molar-refractivity contribution is -0.144. The zero-order valence-corrected chi connectivity index (χ0v) is 11.0. The topological polar surface area (TPSA) is 70.1 Å². The van der Waals surface area contributed by atoms with Crippen LogP contribution >= 0.6 is 0 Å². The number of nitrogens with zero attached hydrogens (tertiary/aromatic N) is 2. The molecule has 1 aliphatic carbocycles. The van der Waals surface area contributed by atoms with Crippen LogP contribution in [0.3, 0.4) is 0 Å². The lowest BCUT2D eigenvalue weighted by atomic mass is 10.2. The minimum Gasteiger partial charge on any atom is -0.391 e. The third-order valence-corrected chi connectivity index (χ3v) is 3.00. The quantitative estimate of drug-likeness (QED) is 0.748. The summed E-state index contributed by atoms with van der Waals surface area (Å²) in [5.74, 6) is -0.778. The lowest BCUT2D eigenvalue weighted by Gasteiger charge is -2.14. The SMILES string of the molecule is CCNc1cc(NCC(O)C2CC2)nc(C(F)(F)F)n1.